The van der Waals surface area contributed by atoms with E-state index in [1.807, 2.05) is 0 Å². The summed E-state index contributed by atoms with van der Waals surface area (Å²) in [6.45, 7) is 1.67. The van der Waals surface area contributed by atoms with E-state index in [9.17, 15) is 22.8 Å². The zero-order valence-corrected chi connectivity index (χ0v) is 13.8. The van der Waals surface area contributed by atoms with Gasteiger partial charge in [0.1, 0.15) is 17.3 Å². The minimum absolute atomic E-state index is 0.0134. The Kier molecular flexibility index (Phi) is 4.71. The SMILES string of the molecule is C[C@@H](NC(=O)c1cc(=O)[nH]c(C2CC2)n1)c1ccc(OC(F)(F)F)cc1. The Hall–Kier alpha value is -2.84. The summed E-state index contributed by atoms with van der Waals surface area (Å²) in [6.07, 6.45) is -2.90. The molecule has 2 N–H and O–H groups in total. The highest BCUT2D eigenvalue weighted by molar-refractivity contribution is 5.92. The van der Waals surface area contributed by atoms with E-state index in [2.05, 4.69) is 20.0 Å². The first kappa shape index (κ1) is 18.0. The highest BCUT2D eigenvalue weighted by atomic mass is 19.4. The molecule has 138 valence electrons. The number of carbonyl (C=O) groups excluding carboxylic acids is 1. The minimum Gasteiger partial charge on any atom is -0.406 e. The number of rotatable bonds is 5. The first-order valence-electron chi connectivity index (χ1n) is 7.99. The monoisotopic (exact) mass is 367 g/mol. The van der Waals surface area contributed by atoms with Crippen molar-refractivity contribution in [3.05, 3.63) is 57.8 Å². The van der Waals surface area contributed by atoms with Crippen molar-refractivity contribution < 1.29 is 22.7 Å². The molecule has 0 radical (unpaired) electrons. The van der Waals surface area contributed by atoms with Gasteiger partial charge in [-0.05, 0) is 37.5 Å². The van der Waals surface area contributed by atoms with Crippen LogP contribution in [0.1, 0.15) is 53.6 Å². The Balaban J connectivity index is 1.68. The molecule has 26 heavy (non-hydrogen) atoms. The zero-order valence-electron chi connectivity index (χ0n) is 13.8. The third-order valence-electron chi connectivity index (χ3n) is 3.92. The molecule has 1 saturated carbocycles. The number of benzene rings is 1. The van der Waals surface area contributed by atoms with Crippen molar-refractivity contribution in [3.63, 3.8) is 0 Å². The molecule has 3 rings (SSSR count). The number of hydrogen-bond acceptors (Lipinski definition) is 4. The van der Waals surface area contributed by atoms with E-state index in [1.165, 1.54) is 24.3 Å². The van der Waals surface area contributed by atoms with Crippen LogP contribution in [0.2, 0.25) is 0 Å². The van der Waals surface area contributed by atoms with Crippen LogP contribution in [0.5, 0.6) is 5.75 Å². The summed E-state index contributed by atoms with van der Waals surface area (Å²) < 4.78 is 40.3. The highest BCUT2D eigenvalue weighted by Crippen LogP contribution is 2.37. The standard InChI is InChI=1S/C17H16F3N3O3/c1-9(10-4-6-12(7-5-10)26-17(18,19)20)21-16(25)13-8-14(24)23-15(22-13)11-2-3-11/h4-9,11H,2-3H2,1H3,(H,21,25)(H,22,23,24)/t9-/m1/s1. The van der Waals surface area contributed by atoms with Crippen molar-refractivity contribution in [2.45, 2.75) is 38.1 Å². The van der Waals surface area contributed by atoms with E-state index in [4.69, 9.17) is 0 Å². The minimum atomic E-state index is -4.76. The molecule has 0 saturated heterocycles. The lowest BCUT2D eigenvalue weighted by Gasteiger charge is -2.15. The molecular weight excluding hydrogens is 351 g/mol. The van der Waals surface area contributed by atoms with Crippen molar-refractivity contribution in [2.75, 3.05) is 0 Å². The third kappa shape index (κ3) is 4.62. The molecule has 1 fully saturated rings. The Labute approximate surface area is 146 Å². The molecule has 2 aromatic rings. The Morgan fingerprint density at radius 2 is 1.96 bits per heavy atom. The van der Waals surface area contributed by atoms with Gasteiger partial charge in [0.15, 0.2) is 0 Å². The molecule has 0 unspecified atom stereocenters. The van der Waals surface area contributed by atoms with Crippen LogP contribution < -0.4 is 15.6 Å². The molecule has 1 aromatic heterocycles. The molecule has 1 aliphatic rings. The van der Waals surface area contributed by atoms with Crippen molar-refractivity contribution in [1.29, 1.82) is 0 Å². The fourth-order valence-corrected chi connectivity index (χ4v) is 2.46. The van der Waals surface area contributed by atoms with E-state index < -0.39 is 23.9 Å². The predicted molar refractivity (Wildman–Crippen MR) is 85.8 cm³/mol. The van der Waals surface area contributed by atoms with Crippen LogP contribution in [0.4, 0.5) is 13.2 Å². The van der Waals surface area contributed by atoms with Crippen LogP contribution in [0.15, 0.2) is 35.1 Å². The first-order chi connectivity index (χ1) is 12.2. The number of aromatic nitrogens is 2. The Bertz CT molecular complexity index is 858. The van der Waals surface area contributed by atoms with Gasteiger partial charge in [0, 0.05) is 12.0 Å². The number of nitrogens with zero attached hydrogens (tertiary/aromatic N) is 1. The number of amides is 1. The lowest BCUT2D eigenvalue weighted by Crippen LogP contribution is -2.29. The van der Waals surface area contributed by atoms with E-state index in [1.54, 1.807) is 6.92 Å². The number of halogens is 3. The Morgan fingerprint density at radius 1 is 1.31 bits per heavy atom. The van der Waals surface area contributed by atoms with Gasteiger partial charge in [-0.3, -0.25) is 9.59 Å². The third-order valence-corrected chi connectivity index (χ3v) is 3.92. The van der Waals surface area contributed by atoms with E-state index in [0.717, 1.165) is 18.9 Å². The van der Waals surface area contributed by atoms with Crippen molar-refractivity contribution >= 4 is 5.91 Å². The number of H-pyrrole nitrogens is 1. The lowest BCUT2D eigenvalue weighted by molar-refractivity contribution is -0.274. The second kappa shape index (κ2) is 6.81. The second-order valence-corrected chi connectivity index (χ2v) is 6.10. The smallest absolute Gasteiger partial charge is 0.406 e. The molecule has 0 spiro atoms. The molecular formula is C17H16F3N3O3. The van der Waals surface area contributed by atoms with Gasteiger partial charge in [0.25, 0.3) is 11.5 Å². The maximum atomic E-state index is 12.3. The summed E-state index contributed by atoms with van der Waals surface area (Å²) in [5, 5.41) is 2.68. The predicted octanol–water partition coefficient (Wildman–Crippen LogP) is 3.04. The molecule has 1 amide bonds. The molecule has 6 nitrogen and oxygen atoms in total. The number of alkyl halides is 3. The van der Waals surface area contributed by atoms with Gasteiger partial charge in [-0.1, -0.05) is 12.1 Å². The summed E-state index contributed by atoms with van der Waals surface area (Å²) in [5.74, 6) is -0.177. The number of carbonyl (C=O) groups is 1. The lowest BCUT2D eigenvalue weighted by atomic mass is 10.1. The van der Waals surface area contributed by atoms with Gasteiger partial charge in [-0.2, -0.15) is 0 Å². The molecule has 0 aliphatic heterocycles. The van der Waals surface area contributed by atoms with Crippen LogP contribution in [0, 0.1) is 0 Å². The summed E-state index contributed by atoms with van der Waals surface area (Å²) in [4.78, 5) is 30.8. The Morgan fingerprint density at radius 3 is 2.54 bits per heavy atom. The average Bonchev–Trinajstić information content (AvgIpc) is 3.38. The van der Waals surface area contributed by atoms with E-state index in [-0.39, 0.29) is 17.4 Å². The second-order valence-electron chi connectivity index (χ2n) is 6.10. The van der Waals surface area contributed by atoms with Crippen LogP contribution in [-0.4, -0.2) is 22.2 Å². The van der Waals surface area contributed by atoms with Crippen molar-refractivity contribution in [3.8, 4) is 5.75 Å². The zero-order chi connectivity index (χ0) is 18.9. The maximum Gasteiger partial charge on any atom is 0.573 e. The van der Waals surface area contributed by atoms with Gasteiger partial charge in [0.05, 0.1) is 6.04 Å². The van der Waals surface area contributed by atoms with Crippen LogP contribution in [-0.2, 0) is 0 Å². The van der Waals surface area contributed by atoms with Crippen LogP contribution in [0.3, 0.4) is 0 Å². The van der Waals surface area contributed by atoms with Crippen LogP contribution in [0.25, 0.3) is 0 Å². The summed E-state index contributed by atoms with van der Waals surface area (Å²) in [7, 11) is 0. The van der Waals surface area contributed by atoms with Gasteiger partial charge < -0.3 is 15.0 Å². The number of aromatic amines is 1. The van der Waals surface area contributed by atoms with Gasteiger partial charge in [-0.25, -0.2) is 4.98 Å². The number of ether oxygens (including phenoxy) is 1. The van der Waals surface area contributed by atoms with Crippen molar-refractivity contribution in [1.82, 2.24) is 15.3 Å². The normalized spacial score (nSPS) is 15.4. The van der Waals surface area contributed by atoms with E-state index >= 15 is 0 Å². The first-order valence-corrected chi connectivity index (χ1v) is 7.99. The molecule has 9 heteroatoms. The van der Waals surface area contributed by atoms with Crippen molar-refractivity contribution in [2.24, 2.45) is 0 Å². The summed E-state index contributed by atoms with van der Waals surface area (Å²) in [6, 6.07) is 5.81. The summed E-state index contributed by atoms with van der Waals surface area (Å²) in [5.41, 5.74) is 0.202. The maximum absolute atomic E-state index is 12.3. The largest absolute Gasteiger partial charge is 0.573 e. The van der Waals surface area contributed by atoms with Gasteiger partial charge in [-0.15, -0.1) is 13.2 Å². The number of nitrogens with one attached hydrogen (secondary N) is 2. The topological polar surface area (TPSA) is 84.1 Å². The molecule has 0 bridgehead atoms. The molecule has 1 heterocycles. The quantitative estimate of drug-likeness (QED) is 0.851. The fraction of sp³-hybridized carbons (Fsp3) is 0.353. The molecule has 1 aliphatic carbocycles. The van der Waals surface area contributed by atoms with E-state index in [0.29, 0.717) is 11.4 Å². The molecule has 1 atom stereocenters. The average molecular weight is 367 g/mol. The number of hydrogen-bond donors (Lipinski definition) is 2. The summed E-state index contributed by atoms with van der Waals surface area (Å²) >= 11 is 0. The highest BCUT2D eigenvalue weighted by Gasteiger charge is 2.31. The van der Waals surface area contributed by atoms with Gasteiger partial charge in [0.2, 0.25) is 0 Å². The van der Waals surface area contributed by atoms with Gasteiger partial charge >= 0.3 is 6.36 Å². The van der Waals surface area contributed by atoms with Crippen LogP contribution >= 0.6 is 0 Å². The fourth-order valence-electron chi connectivity index (χ4n) is 2.46. The molecule has 1 aromatic carbocycles.